The van der Waals surface area contributed by atoms with Crippen LogP contribution >= 0.6 is 0 Å². The summed E-state index contributed by atoms with van der Waals surface area (Å²) in [5.74, 6) is 0. The highest BCUT2D eigenvalue weighted by atomic mass is 32.2. The third-order valence-corrected chi connectivity index (χ3v) is 4.09. The molecule has 0 aliphatic rings. The quantitative estimate of drug-likeness (QED) is 0.888. The maximum Gasteiger partial charge on any atom is 0.238 e. The van der Waals surface area contributed by atoms with Gasteiger partial charge in [-0.1, -0.05) is 31.2 Å². The lowest BCUT2D eigenvalue weighted by molar-refractivity contribution is 0.598. The van der Waals surface area contributed by atoms with Crippen LogP contribution in [0.3, 0.4) is 0 Å². The third-order valence-electron chi connectivity index (χ3n) is 3.17. The molecule has 0 radical (unpaired) electrons. The SMILES string of the molecule is CCc1ccccc1CNc1ccc(S(N)(=O)=O)cc1. The van der Waals surface area contributed by atoms with Gasteiger partial charge in [0.2, 0.25) is 10.0 Å². The van der Waals surface area contributed by atoms with E-state index in [1.165, 1.54) is 23.3 Å². The lowest BCUT2D eigenvalue weighted by Crippen LogP contribution is -2.12. The Balaban J connectivity index is 2.08. The zero-order valence-corrected chi connectivity index (χ0v) is 12.2. The summed E-state index contributed by atoms with van der Waals surface area (Å²) in [4.78, 5) is 0.122. The van der Waals surface area contributed by atoms with E-state index in [2.05, 4.69) is 24.4 Å². The summed E-state index contributed by atoms with van der Waals surface area (Å²) in [5, 5.41) is 8.34. The predicted molar refractivity (Wildman–Crippen MR) is 81.0 cm³/mol. The van der Waals surface area contributed by atoms with E-state index in [-0.39, 0.29) is 4.90 Å². The molecule has 3 N–H and O–H groups in total. The van der Waals surface area contributed by atoms with Crippen molar-refractivity contribution in [3.05, 3.63) is 59.7 Å². The first-order valence-electron chi connectivity index (χ1n) is 6.44. The Bertz CT molecular complexity index is 679. The number of aryl methyl sites for hydroxylation is 1. The highest BCUT2D eigenvalue weighted by Gasteiger charge is 2.06. The molecule has 0 saturated carbocycles. The smallest absolute Gasteiger partial charge is 0.238 e. The highest BCUT2D eigenvalue weighted by Crippen LogP contribution is 2.15. The van der Waals surface area contributed by atoms with Crippen molar-refractivity contribution in [2.75, 3.05) is 5.32 Å². The Kier molecular flexibility index (Phi) is 4.42. The standard InChI is InChI=1S/C15H18N2O2S/c1-2-12-5-3-4-6-13(12)11-17-14-7-9-15(10-8-14)20(16,18)19/h3-10,17H,2,11H2,1H3,(H2,16,18,19). The Morgan fingerprint density at radius 2 is 1.60 bits per heavy atom. The molecular weight excluding hydrogens is 272 g/mol. The van der Waals surface area contributed by atoms with Gasteiger partial charge in [-0.15, -0.1) is 0 Å². The number of sulfonamides is 1. The fourth-order valence-corrected chi connectivity index (χ4v) is 2.55. The van der Waals surface area contributed by atoms with E-state index in [4.69, 9.17) is 5.14 Å². The molecule has 0 amide bonds. The summed E-state index contributed by atoms with van der Waals surface area (Å²) in [5.41, 5.74) is 3.41. The normalized spacial score (nSPS) is 11.3. The number of rotatable bonds is 5. The van der Waals surface area contributed by atoms with Gasteiger partial charge in [0.05, 0.1) is 4.90 Å². The van der Waals surface area contributed by atoms with Gasteiger partial charge in [0.25, 0.3) is 0 Å². The van der Waals surface area contributed by atoms with Crippen molar-refractivity contribution in [1.29, 1.82) is 0 Å². The van der Waals surface area contributed by atoms with E-state index in [0.29, 0.717) is 6.54 Å². The van der Waals surface area contributed by atoms with Gasteiger partial charge in [0.15, 0.2) is 0 Å². The van der Waals surface area contributed by atoms with Crippen LogP contribution in [0.4, 0.5) is 5.69 Å². The van der Waals surface area contributed by atoms with Gasteiger partial charge in [-0.3, -0.25) is 0 Å². The minimum Gasteiger partial charge on any atom is -0.381 e. The zero-order chi connectivity index (χ0) is 14.6. The van der Waals surface area contributed by atoms with Crippen molar-refractivity contribution >= 4 is 15.7 Å². The molecule has 2 aromatic carbocycles. The molecule has 5 heteroatoms. The molecule has 0 fully saturated rings. The van der Waals surface area contributed by atoms with E-state index in [1.807, 2.05) is 12.1 Å². The summed E-state index contributed by atoms with van der Waals surface area (Å²) in [6.45, 7) is 2.83. The monoisotopic (exact) mass is 290 g/mol. The van der Waals surface area contributed by atoms with Crippen LogP contribution in [0.25, 0.3) is 0 Å². The van der Waals surface area contributed by atoms with Crippen LogP contribution < -0.4 is 10.5 Å². The maximum atomic E-state index is 11.2. The van der Waals surface area contributed by atoms with Crippen molar-refractivity contribution in [3.63, 3.8) is 0 Å². The van der Waals surface area contributed by atoms with Gasteiger partial charge < -0.3 is 5.32 Å². The number of anilines is 1. The van der Waals surface area contributed by atoms with Gasteiger partial charge in [0, 0.05) is 12.2 Å². The van der Waals surface area contributed by atoms with Crippen LogP contribution in [-0.2, 0) is 23.0 Å². The average molecular weight is 290 g/mol. The van der Waals surface area contributed by atoms with Crippen molar-refractivity contribution in [3.8, 4) is 0 Å². The molecule has 106 valence electrons. The molecule has 0 aliphatic carbocycles. The van der Waals surface area contributed by atoms with Gasteiger partial charge in [-0.05, 0) is 41.8 Å². The molecule has 4 nitrogen and oxygen atoms in total. The lowest BCUT2D eigenvalue weighted by Gasteiger charge is -2.10. The zero-order valence-electron chi connectivity index (χ0n) is 11.3. The summed E-state index contributed by atoms with van der Waals surface area (Å²) < 4.78 is 22.3. The van der Waals surface area contributed by atoms with E-state index >= 15 is 0 Å². The first-order chi connectivity index (χ1) is 9.50. The number of hydrogen-bond acceptors (Lipinski definition) is 3. The van der Waals surface area contributed by atoms with Crippen LogP contribution in [0.1, 0.15) is 18.1 Å². The first kappa shape index (κ1) is 14.6. The summed E-state index contributed by atoms with van der Waals surface area (Å²) >= 11 is 0. The maximum absolute atomic E-state index is 11.2. The highest BCUT2D eigenvalue weighted by molar-refractivity contribution is 7.89. The molecule has 0 spiro atoms. The third kappa shape index (κ3) is 3.59. The van der Waals surface area contributed by atoms with Crippen LogP contribution in [0.15, 0.2) is 53.4 Å². The molecule has 0 aromatic heterocycles. The molecule has 0 heterocycles. The first-order valence-corrected chi connectivity index (χ1v) is 7.99. The van der Waals surface area contributed by atoms with Crippen molar-refractivity contribution in [2.24, 2.45) is 5.14 Å². The second-order valence-corrected chi connectivity index (χ2v) is 6.11. The Hall–Kier alpha value is -1.85. The average Bonchev–Trinajstić information content (AvgIpc) is 2.45. The molecule has 2 rings (SSSR count). The fraction of sp³-hybridized carbons (Fsp3) is 0.200. The van der Waals surface area contributed by atoms with Gasteiger partial charge >= 0.3 is 0 Å². The lowest BCUT2D eigenvalue weighted by atomic mass is 10.1. The number of hydrogen-bond donors (Lipinski definition) is 2. The van der Waals surface area contributed by atoms with E-state index in [1.54, 1.807) is 12.1 Å². The topological polar surface area (TPSA) is 72.2 Å². The molecule has 2 aromatic rings. The van der Waals surface area contributed by atoms with E-state index in [0.717, 1.165) is 12.1 Å². The van der Waals surface area contributed by atoms with E-state index in [9.17, 15) is 8.42 Å². The van der Waals surface area contributed by atoms with Crippen molar-refractivity contribution in [1.82, 2.24) is 0 Å². The van der Waals surface area contributed by atoms with E-state index < -0.39 is 10.0 Å². The summed E-state index contributed by atoms with van der Waals surface area (Å²) in [7, 11) is -3.63. The molecular formula is C15H18N2O2S. The van der Waals surface area contributed by atoms with Crippen LogP contribution in [0.5, 0.6) is 0 Å². The minimum atomic E-state index is -3.63. The second kappa shape index (κ2) is 6.07. The molecule has 20 heavy (non-hydrogen) atoms. The van der Waals surface area contributed by atoms with Crippen LogP contribution in [-0.4, -0.2) is 8.42 Å². The molecule has 0 bridgehead atoms. The molecule has 0 saturated heterocycles. The van der Waals surface area contributed by atoms with Gasteiger partial charge in [0.1, 0.15) is 0 Å². The summed E-state index contributed by atoms with van der Waals surface area (Å²) in [6, 6.07) is 14.7. The number of primary sulfonamides is 1. The number of nitrogens with one attached hydrogen (secondary N) is 1. The van der Waals surface area contributed by atoms with Crippen molar-refractivity contribution < 1.29 is 8.42 Å². The fourth-order valence-electron chi connectivity index (χ4n) is 2.03. The van der Waals surface area contributed by atoms with Gasteiger partial charge in [-0.2, -0.15) is 0 Å². The van der Waals surface area contributed by atoms with Crippen LogP contribution in [0.2, 0.25) is 0 Å². The van der Waals surface area contributed by atoms with Gasteiger partial charge in [-0.25, -0.2) is 13.6 Å². The number of benzene rings is 2. The van der Waals surface area contributed by atoms with Crippen LogP contribution in [0, 0.1) is 0 Å². The minimum absolute atomic E-state index is 0.122. The second-order valence-electron chi connectivity index (χ2n) is 4.55. The Morgan fingerprint density at radius 1 is 1.00 bits per heavy atom. The molecule has 0 unspecified atom stereocenters. The number of nitrogens with two attached hydrogens (primary N) is 1. The molecule has 0 aliphatic heterocycles. The predicted octanol–water partition coefficient (Wildman–Crippen LogP) is 2.51. The van der Waals surface area contributed by atoms with Crippen molar-refractivity contribution in [2.45, 2.75) is 24.8 Å². The Morgan fingerprint density at radius 3 is 2.15 bits per heavy atom. The summed E-state index contributed by atoms with van der Waals surface area (Å²) in [6.07, 6.45) is 0.988. The largest absolute Gasteiger partial charge is 0.381 e. The molecule has 0 atom stereocenters. The Labute approximate surface area is 119 Å².